The van der Waals surface area contributed by atoms with Crippen molar-refractivity contribution >= 4 is 12.0 Å². The van der Waals surface area contributed by atoms with E-state index in [1.807, 2.05) is 52.8 Å². The minimum absolute atomic E-state index is 0.0103. The molecule has 1 aromatic carbocycles. The van der Waals surface area contributed by atoms with Gasteiger partial charge >= 0.3 is 6.09 Å². The Kier molecular flexibility index (Phi) is 5.93. The van der Waals surface area contributed by atoms with Gasteiger partial charge in [0.25, 0.3) is 5.91 Å². The molecule has 1 aliphatic rings. The fourth-order valence-corrected chi connectivity index (χ4v) is 2.66. The van der Waals surface area contributed by atoms with Gasteiger partial charge in [-0.25, -0.2) is 4.79 Å². The van der Waals surface area contributed by atoms with Gasteiger partial charge in [0.1, 0.15) is 11.4 Å². The van der Waals surface area contributed by atoms with E-state index in [0.29, 0.717) is 26.2 Å². The van der Waals surface area contributed by atoms with E-state index in [4.69, 9.17) is 9.47 Å². The monoisotopic (exact) mass is 348 g/mol. The van der Waals surface area contributed by atoms with Crippen LogP contribution in [0.5, 0.6) is 5.75 Å². The molecule has 0 unspecified atom stereocenters. The van der Waals surface area contributed by atoms with Crippen molar-refractivity contribution in [2.45, 2.75) is 40.2 Å². The van der Waals surface area contributed by atoms with Gasteiger partial charge in [0.05, 0.1) is 0 Å². The van der Waals surface area contributed by atoms with Crippen molar-refractivity contribution < 1.29 is 19.1 Å². The molecule has 0 N–H and O–H groups in total. The van der Waals surface area contributed by atoms with Crippen LogP contribution in [0.25, 0.3) is 0 Å². The summed E-state index contributed by atoms with van der Waals surface area (Å²) in [6.45, 7) is 11.5. The molecule has 138 valence electrons. The summed E-state index contributed by atoms with van der Waals surface area (Å²) in [4.78, 5) is 27.7. The van der Waals surface area contributed by atoms with Crippen LogP contribution in [0.3, 0.4) is 0 Å². The van der Waals surface area contributed by atoms with Crippen molar-refractivity contribution in [3.8, 4) is 5.75 Å². The Bertz CT molecular complexity index is 629. The standard InChI is InChI=1S/C19H28N2O4/c1-14-6-7-16(15(2)12-14)24-13-17(22)20-8-10-21(11-9-20)18(23)25-19(3,4)5/h6-7,12H,8-11,13H2,1-5H3. The van der Waals surface area contributed by atoms with Crippen LogP contribution < -0.4 is 4.74 Å². The molecule has 0 atom stereocenters. The number of hydrogen-bond acceptors (Lipinski definition) is 4. The molecule has 0 aromatic heterocycles. The predicted molar refractivity (Wildman–Crippen MR) is 95.8 cm³/mol. The molecular weight excluding hydrogens is 320 g/mol. The lowest BCUT2D eigenvalue weighted by atomic mass is 10.1. The van der Waals surface area contributed by atoms with E-state index in [2.05, 4.69) is 0 Å². The van der Waals surface area contributed by atoms with Crippen LogP contribution in [-0.2, 0) is 9.53 Å². The van der Waals surface area contributed by atoms with Crippen LogP contribution in [0, 0.1) is 13.8 Å². The Morgan fingerprint density at radius 2 is 1.64 bits per heavy atom. The van der Waals surface area contributed by atoms with Crippen LogP contribution >= 0.6 is 0 Å². The van der Waals surface area contributed by atoms with Gasteiger partial charge in [-0.1, -0.05) is 17.7 Å². The second-order valence-electron chi connectivity index (χ2n) is 7.41. The summed E-state index contributed by atoms with van der Waals surface area (Å²) >= 11 is 0. The average molecular weight is 348 g/mol. The molecule has 25 heavy (non-hydrogen) atoms. The maximum atomic E-state index is 12.3. The van der Waals surface area contributed by atoms with E-state index in [0.717, 1.165) is 16.9 Å². The zero-order valence-electron chi connectivity index (χ0n) is 15.8. The summed E-state index contributed by atoms with van der Waals surface area (Å²) in [5.74, 6) is 0.662. The van der Waals surface area contributed by atoms with Gasteiger partial charge in [-0.05, 0) is 46.2 Å². The number of aryl methyl sites for hydroxylation is 2. The molecule has 1 saturated heterocycles. The number of amides is 2. The number of nitrogens with zero attached hydrogens (tertiary/aromatic N) is 2. The zero-order chi connectivity index (χ0) is 18.6. The van der Waals surface area contributed by atoms with Gasteiger partial charge in [0.15, 0.2) is 6.61 Å². The third-order valence-corrected chi connectivity index (χ3v) is 3.97. The van der Waals surface area contributed by atoms with Gasteiger partial charge in [-0.3, -0.25) is 4.79 Å². The van der Waals surface area contributed by atoms with Gasteiger partial charge in [0, 0.05) is 26.2 Å². The molecule has 1 heterocycles. The minimum Gasteiger partial charge on any atom is -0.484 e. The molecule has 0 radical (unpaired) electrons. The highest BCUT2D eigenvalue weighted by Crippen LogP contribution is 2.19. The first kappa shape index (κ1) is 19.1. The van der Waals surface area contributed by atoms with Crippen molar-refractivity contribution in [3.63, 3.8) is 0 Å². The van der Waals surface area contributed by atoms with E-state index < -0.39 is 5.60 Å². The second kappa shape index (κ2) is 7.76. The van der Waals surface area contributed by atoms with Crippen molar-refractivity contribution in [3.05, 3.63) is 29.3 Å². The van der Waals surface area contributed by atoms with Gasteiger partial charge in [0.2, 0.25) is 0 Å². The van der Waals surface area contributed by atoms with Crippen molar-refractivity contribution in [2.75, 3.05) is 32.8 Å². The predicted octanol–water partition coefficient (Wildman–Crippen LogP) is 2.76. The van der Waals surface area contributed by atoms with Crippen LogP contribution in [0.2, 0.25) is 0 Å². The number of carbonyl (C=O) groups excluding carboxylic acids is 2. The van der Waals surface area contributed by atoms with Gasteiger partial charge in [-0.2, -0.15) is 0 Å². The Morgan fingerprint density at radius 1 is 1.04 bits per heavy atom. The van der Waals surface area contributed by atoms with Crippen LogP contribution in [-0.4, -0.2) is 60.2 Å². The number of carbonyl (C=O) groups is 2. The zero-order valence-corrected chi connectivity index (χ0v) is 15.8. The average Bonchev–Trinajstić information content (AvgIpc) is 2.52. The maximum absolute atomic E-state index is 12.3. The fraction of sp³-hybridized carbons (Fsp3) is 0.579. The molecule has 6 heteroatoms. The lowest BCUT2D eigenvalue weighted by Gasteiger charge is -2.35. The van der Waals surface area contributed by atoms with Gasteiger partial charge < -0.3 is 19.3 Å². The number of benzene rings is 1. The SMILES string of the molecule is Cc1ccc(OCC(=O)N2CCN(C(=O)OC(C)(C)C)CC2)c(C)c1. The molecule has 0 saturated carbocycles. The van der Waals surface area contributed by atoms with Crippen molar-refractivity contribution in [1.82, 2.24) is 9.80 Å². The first-order valence-corrected chi connectivity index (χ1v) is 8.61. The lowest BCUT2D eigenvalue weighted by molar-refractivity contribution is -0.135. The third-order valence-electron chi connectivity index (χ3n) is 3.97. The molecule has 2 amide bonds. The second-order valence-corrected chi connectivity index (χ2v) is 7.41. The molecule has 1 aromatic rings. The van der Waals surface area contributed by atoms with Gasteiger partial charge in [-0.15, -0.1) is 0 Å². The third kappa shape index (κ3) is 5.66. The summed E-state index contributed by atoms with van der Waals surface area (Å²) in [5, 5.41) is 0. The normalized spacial score (nSPS) is 15.1. The largest absolute Gasteiger partial charge is 0.484 e. The smallest absolute Gasteiger partial charge is 0.410 e. The van der Waals surface area contributed by atoms with E-state index >= 15 is 0 Å². The summed E-state index contributed by atoms with van der Waals surface area (Å²) in [7, 11) is 0. The van der Waals surface area contributed by atoms with Crippen LogP contribution in [0.4, 0.5) is 4.79 Å². The van der Waals surface area contributed by atoms with Crippen LogP contribution in [0.1, 0.15) is 31.9 Å². The Hall–Kier alpha value is -2.24. The maximum Gasteiger partial charge on any atom is 0.410 e. The molecule has 2 rings (SSSR count). The number of hydrogen-bond donors (Lipinski definition) is 0. The van der Waals surface area contributed by atoms with E-state index in [-0.39, 0.29) is 18.6 Å². The highest BCUT2D eigenvalue weighted by molar-refractivity contribution is 5.78. The highest BCUT2D eigenvalue weighted by Gasteiger charge is 2.27. The highest BCUT2D eigenvalue weighted by atomic mass is 16.6. The first-order chi connectivity index (χ1) is 11.7. The Balaban J connectivity index is 1.80. The molecule has 1 fully saturated rings. The summed E-state index contributed by atoms with van der Waals surface area (Å²) < 4.78 is 11.0. The molecule has 1 aliphatic heterocycles. The summed E-state index contributed by atoms with van der Waals surface area (Å²) in [6.07, 6.45) is -0.328. The quantitative estimate of drug-likeness (QED) is 0.843. The number of rotatable bonds is 3. The Labute approximate surface area is 149 Å². The fourth-order valence-electron chi connectivity index (χ4n) is 2.66. The van der Waals surface area contributed by atoms with Crippen LogP contribution in [0.15, 0.2) is 18.2 Å². The molecular formula is C19H28N2O4. The van der Waals surface area contributed by atoms with Crippen molar-refractivity contribution in [1.29, 1.82) is 0 Å². The van der Waals surface area contributed by atoms with E-state index in [1.165, 1.54) is 0 Å². The molecule has 0 aliphatic carbocycles. The molecule has 6 nitrogen and oxygen atoms in total. The molecule has 0 bridgehead atoms. The Morgan fingerprint density at radius 3 is 2.20 bits per heavy atom. The summed E-state index contributed by atoms with van der Waals surface area (Å²) in [6, 6.07) is 5.88. The van der Waals surface area contributed by atoms with Crippen molar-refractivity contribution in [2.24, 2.45) is 0 Å². The first-order valence-electron chi connectivity index (χ1n) is 8.61. The topological polar surface area (TPSA) is 59.1 Å². The van der Waals surface area contributed by atoms with E-state index in [9.17, 15) is 9.59 Å². The lowest BCUT2D eigenvalue weighted by Crippen LogP contribution is -2.52. The number of piperazine rings is 1. The summed E-state index contributed by atoms with van der Waals surface area (Å²) in [5.41, 5.74) is 1.67. The van der Waals surface area contributed by atoms with E-state index in [1.54, 1.807) is 9.80 Å². The minimum atomic E-state index is -0.510. The molecule has 0 spiro atoms. The number of ether oxygens (including phenoxy) is 2.